The number of hydrogen-bond acceptors (Lipinski definition) is 7. The van der Waals surface area contributed by atoms with Gasteiger partial charge < -0.3 is 29.9 Å². The number of carbonyl (C=O) groups excluding carboxylic acids is 1. The van der Waals surface area contributed by atoms with Crippen LogP contribution in [0.4, 0.5) is 10.7 Å². The Morgan fingerprint density at radius 1 is 1.29 bits per heavy atom. The number of carbonyl (C=O) groups is 2. The fourth-order valence-electron chi connectivity index (χ4n) is 3.27. The number of fused-ring (bicyclic) bond motifs is 1. The number of hydrogen-bond donors (Lipinski definition) is 4. The summed E-state index contributed by atoms with van der Waals surface area (Å²) in [5, 5.41) is 15.4. The third-order valence-electron chi connectivity index (χ3n) is 4.99. The monoisotopic (exact) mass is 470 g/mol. The van der Waals surface area contributed by atoms with Gasteiger partial charge in [-0.25, -0.2) is 14.6 Å². The van der Waals surface area contributed by atoms with Crippen LogP contribution < -0.4 is 16.1 Å². The number of alkyl carbamates (subject to hydrolysis) is 1. The molecule has 0 bridgehead atoms. The quantitative estimate of drug-likeness (QED) is 0.330. The second-order valence-electron chi connectivity index (χ2n) is 9.26. The zero-order valence-electron chi connectivity index (χ0n) is 19.5. The first-order valence-corrected chi connectivity index (χ1v) is 11.0. The summed E-state index contributed by atoms with van der Waals surface area (Å²) in [7, 11) is 0. The third-order valence-corrected chi connectivity index (χ3v) is 4.99. The highest BCUT2D eigenvalue weighted by Gasteiger charge is 2.23. The largest absolute Gasteiger partial charge is 0.480 e. The first-order valence-electron chi connectivity index (χ1n) is 11.0. The molecule has 0 fully saturated rings. The summed E-state index contributed by atoms with van der Waals surface area (Å²) < 4.78 is 10.7. The van der Waals surface area contributed by atoms with Crippen molar-refractivity contribution in [2.75, 3.05) is 18.5 Å². The van der Waals surface area contributed by atoms with Crippen LogP contribution in [0, 0.1) is 5.41 Å². The van der Waals surface area contributed by atoms with E-state index < -0.39 is 18.1 Å². The van der Waals surface area contributed by atoms with E-state index in [9.17, 15) is 19.5 Å². The molecule has 1 aromatic carbocycles. The minimum absolute atomic E-state index is 0.00732. The van der Waals surface area contributed by atoms with Crippen molar-refractivity contribution < 1.29 is 23.8 Å². The summed E-state index contributed by atoms with van der Waals surface area (Å²) in [6.07, 6.45) is 5.23. The van der Waals surface area contributed by atoms with E-state index in [4.69, 9.17) is 9.15 Å². The first-order chi connectivity index (χ1) is 16.1. The Morgan fingerprint density at radius 3 is 2.76 bits per heavy atom. The van der Waals surface area contributed by atoms with E-state index in [0.29, 0.717) is 47.4 Å². The van der Waals surface area contributed by atoms with Crippen LogP contribution >= 0.6 is 0 Å². The zero-order valence-corrected chi connectivity index (χ0v) is 19.5. The number of benzene rings is 1. The number of anilines is 1. The van der Waals surface area contributed by atoms with E-state index >= 15 is 0 Å². The molecule has 0 saturated heterocycles. The van der Waals surface area contributed by atoms with Crippen molar-refractivity contribution in [1.29, 1.82) is 0 Å². The van der Waals surface area contributed by atoms with Gasteiger partial charge in [0, 0.05) is 30.9 Å². The van der Waals surface area contributed by atoms with Crippen LogP contribution in [0.2, 0.25) is 0 Å². The van der Waals surface area contributed by atoms with Crippen LogP contribution in [-0.4, -0.2) is 46.3 Å². The molecule has 10 nitrogen and oxygen atoms in total. The average Bonchev–Trinajstić information content (AvgIpc) is 3.29. The maximum absolute atomic E-state index is 13.0. The number of H-pyrrole nitrogens is 1. The first kappa shape index (κ1) is 24.8. The molecule has 0 aliphatic carbocycles. The Bertz CT molecular complexity index is 1180. The van der Waals surface area contributed by atoms with Gasteiger partial charge in [0.1, 0.15) is 11.6 Å². The van der Waals surface area contributed by atoms with Crippen molar-refractivity contribution in [2.45, 2.75) is 46.1 Å². The summed E-state index contributed by atoms with van der Waals surface area (Å²) in [4.78, 5) is 43.7. The molecular formula is C24H30N4O6. The second kappa shape index (κ2) is 10.9. The van der Waals surface area contributed by atoms with Crippen molar-refractivity contribution in [3.63, 3.8) is 0 Å². The maximum Gasteiger partial charge on any atom is 0.407 e. The Morgan fingerprint density at radius 2 is 2.09 bits per heavy atom. The van der Waals surface area contributed by atoms with Gasteiger partial charge in [-0.05, 0) is 36.0 Å². The van der Waals surface area contributed by atoms with Crippen LogP contribution in [0.25, 0.3) is 11.0 Å². The number of imidazole rings is 1. The SMILES string of the molecule is CC(C)(C)COC(=O)NC(Cc1ccc2occ(CCCNc3ncc[nH]3)c(=O)c2c1)C(=O)O. The minimum atomic E-state index is -1.20. The van der Waals surface area contributed by atoms with Crippen LogP contribution in [0.3, 0.4) is 0 Å². The van der Waals surface area contributed by atoms with Gasteiger partial charge in [-0.15, -0.1) is 0 Å². The number of ether oxygens (including phenoxy) is 1. The Hall–Kier alpha value is -3.82. The van der Waals surface area contributed by atoms with E-state index in [1.54, 1.807) is 30.6 Å². The van der Waals surface area contributed by atoms with Gasteiger partial charge in [0.15, 0.2) is 11.4 Å². The van der Waals surface area contributed by atoms with Crippen molar-refractivity contribution in [2.24, 2.45) is 5.41 Å². The Balaban J connectivity index is 1.67. The molecule has 1 amide bonds. The summed E-state index contributed by atoms with van der Waals surface area (Å²) in [6.45, 7) is 6.49. The van der Waals surface area contributed by atoms with Crippen LogP contribution in [0.5, 0.6) is 0 Å². The number of aryl methyl sites for hydroxylation is 1. The normalized spacial score (nSPS) is 12.3. The highest BCUT2D eigenvalue weighted by molar-refractivity contribution is 5.81. The number of amides is 1. The highest BCUT2D eigenvalue weighted by Crippen LogP contribution is 2.17. The molecule has 34 heavy (non-hydrogen) atoms. The molecule has 0 aliphatic rings. The highest BCUT2D eigenvalue weighted by atomic mass is 16.5. The number of aromatic amines is 1. The molecule has 10 heteroatoms. The molecule has 0 radical (unpaired) electrons. The van der Waals surface area contributed by atoms with Crippen molar-refractivity contribution in [3.05, 3.63) is 58.2 Å². The summed E-state index contributed by atoms with van der Waals surface area (Å²) in [6, 6.07) is 3.72. The Labute approximate surface area is 196 Å². The molecule has 1 unspecified atom stereocenters. The number of carboxylic acids is 1. The molecule has 0 aliphatic heterocycles. The molecule has 3 aromatic rings. The molecule has 2 aromatic heterocycles. The van der Waals surface area contributed by atoms with E-state index in [1.165, 1.54) is 6.26 Å². The number of aliphatic carboxylic acids is 1. The predicted molar refractivity (Wildman–Crippen MR) is 127 cm³/mol. The standard InChI is InChI=1S/C24H30N4O6/c1-24(2,3)14-34-23(32)28-18(21(30)31)12-15-6-7-19-17(11-15)20(29)16(13-33-19)5-4-8-25-22-26-9-10-27-22/h6-7,9-11,13,18H,4-5,8,12,14H2,1-3H3,(H,28,32)(H,30,31)(H2,25,26,27). The van der Waals surface area contributed by atoms with Crippen molar-refractivity contribution >= 4 is 29.0 Å². The van der Waals surface area contributed by atoms with E-state index in [-0.39, 0.29) is 23.9 Å². The molecule has 4 N–H and O–H groups in total. The number of carboxylic acid groups (broad SMARTS) is 1. The summed E-state index contributed by atoms with van der Waals surface area (Å²) >= 11 is 0. The van der Waals surface area contributed by atoms with E-state index in [2.05, 4.69) is 20.6 Å². The van der Waals surface area contributed by atoms with Gasteiger partial charge in [-0.1, -0.05) is 26.8 Å². The van der Waals surface area contributed by atoms with Gasteiger partial charge in [-0.2, -0.15) is 0 Å². The van der Waals surface area contributed by atoms with Gasteiger partial charge in [0.25, 0.3) is 0 Å². The summed E-state index contributed by atoms with van der Waals surface area (Å²) in [5.41, 5.74) is 1.13. The van der Waals surface area contributed by atoms with Crippen LogP contribution in [-0.2, 0) is 22.4 Å². The Kier molecular flexibility index (Phi) is 7.93. The van der Waals surface area contributed by atoms with E-state index in [1.807, 2.05) is 20.8 Å². The lowest BCUT2D eigenvalue weighted by Crippen LogP contribution is -2.43. The number of nitrogens with one attached hydrogen (secondary N) is 3. The minimum Gasteiger partial charge on any atom is -0.480 e. The molecule has 0 spiro atoms. The van der Waals surface area contributed by atoms with Gasteiger partial charge in [0.05, 0.1) is 18.3 Å². The van der Waals surface area contributed by atoms with Gasteiger partial charge in [0.2, 0.25) is 0 Å². The molecule has 0 saturated carbocycles. The average molecular weight is 471 g/mol. The third kappa shape index (κ3) is 7.09. The number of aromatic nitrogens is 2. The lowest BCUT2D eigenvalue weighted by molar-refractivity contribution is -0.139. The molecule has 2 heterocycles. The van der Waals surface area contributed by atoms with E-state index in [0.717, 1.165) is 0 Å². The molecule has 1 atom stereocenters. The lowest BCUT2D eigenvalue weighted by atomic mass is 9.99. The predicted octanol–water partition coefficient (Wildman–Crippen LogP) is 3.33. The zero-order chi connectivity index (χ0) is 24.7. The second-order valence-corrected chi connectivity index (χ2v) is 9.26. The van der Waals surface area contributed by atoms with Gasteiger partial charge in [-0.3, -0.25) is 4.79 Å². The van der Waals surface area contributed by atoms with Crippen molar-refractivity contribution in [3.8, 4) is 0 Å². The molecule has 182 valence electrons. The number of nitrogens with zero attached hydrogens (tertiary/aromatic N) is 1. The fourth-order valence-corrected chi connectivity index (χ4v) is 3.27. The maximum atomic E-state index is 13.0. The lowest BCUT2D eigenvalue weighted by Gasteiger charge is -2.20. The molecular weight excluding hydrogens is 440 g/mol. The summed E-state index contributed by atoms with van der Waals surface area (Å²) in [5.74, 6) is -0.531. The van der Waals surface area contributed by atoms with Crippen LogP contribution in [0.1, 0.15) is 38.3 Å². The fraction of sp³-hybridized carbons (Fsp3) is 0.417. The smallest absolute Gasteiger partial charge is 0.407 e. The topological polar surface area (TPSA) is 147 Å². The number of rotatable bonds is 10. The van der Waals surface area contributed by atoms with Gasteiger partial charge >= 0.3 is 12.1 Å². The van der Waals surface area contributed by atoms with Crippen molar-refractivity contribution in [1.82, 2.24) is 15.3 Å². The van der Waals surface area contributed by atoms with Crippen LogP contribution in [0.15, 0.2) is 46.1 Å². The molecule has 3 rings (SSSR count).